The molecule has 2 heterocycles. The predicted octanol–water partition coefficient (Wildman–Crippen LogP) is 3.11. The third-order valence-electron chi connectivity index (χ3n) is 5.02. The van der Waals surface area contributed by atoms with Crippen molar-refractivity contribution in [2.24, 2.45) is 5.92 Å². The molecule has 0 bridgehead atoms. The number of aryl methyl sites for hydroxylation is 2. The standard InChI is InChI=1S/C21H26N2O3/c1-15-12-19(16(2)26-15)21(25)22-14-20(24)23-10-8-18(9-11-23)13-17-6-4-3-5-7-17/h3-7,12,18H,8-11,13-14H2,1-2H3,(H,22,25). The van der Waals surface area contributed by atoms with Crippen LogP contribution in [0.2, 0.25) is 0 Å². The highest BCUT2D eigenvalue weighted by Gasteiger charge is 2.23. The number of hydrogen-bond donors (Lipinski definition) is 1. The third kappa shape index (κ3) is 4.54. The fourth-order valence-corrected chi connectivity index (χ4v) is 3.55. The van der Waals surface area contributed by atoms with Crippen molar-refractivity contribution in [2.75, 3.05) is 19.6 Å². The maximum Gasteiger partial charge on any atom is 0.255 e. The minimum atomic E-state index is -0.258. The van der Waals surface area contributed by atoms with Crippen LogP contribution >= 0.6 is 0 Å². The molecule has 26 heavy (non-hydrogen) atoms. The van der Waals surface area contributed by atoms with Gasteiger partial charge < -0.3 is 14.6 Å². The lowest BCUT2D eigenvalue weighted by molar-refractivity contribution is -0.131. The van der Waals surface area contributed by atoms with Crippen LogP contribution in [0, 0.1) is 19.8 Å². The topological polar surface area (TPSA) is 62.6 Å². The number of carbonyl (C=O) groups is 2. The van der Waals surface area contributed by atoms with E-state index in [-0.39, 0.29) is 18.4 Å². The molecule has 0 spiro atoms. The minimum Gasteiger partial charge on any atom is -0.466 e. The van der Waals surface area contributed by atoms with Crippen LogP contribution in [0.4, 0.5) is 0 Å². The maximum absolute atomic E-state index is 12.4. The molecule has 1 aromatic heterocycles. The van der Waals surface area contributed by atoms with Crippen molar-refractivity contribution in [3.63, 3.8) is 0 Å². The van der Waals surface area contributed by atoms with Crippen molar-refractivity contribution in [2.45, 2.75) is 33.1 Å². The summed E-state index contributed by atoms with van der Waals surface area (Å²) >= 11 is 0. The Bertz CT molecular complexity index is 759. The van der Waals surface area contributed by atoms with Gasteiger partial charge in [-0.1, -0.05) is 30.3 Å². The number of hydrogen-bond acceptors (Lipinski definition) is 3. The second-order valence-corrected chi connectivity index (χ2v) is 7.02. The first kappa shape index (κ1) is 18.2. The molecule has 1 saturated heterocycles. The lowest BCUT2D eigenvalue weighted by Crippen LogP contribution is -2.44. The van der Waals surface area contributed by atoms with E-state index in [9.17, 15) is 9.59 Å². The summed E-state index contributed by atoms with van der Waals surface area (Å²) in [5, 5.41) is 2.71. The molecule has 5 heteroatoms. The zero-order valence-corrected chi connectivity index (χ0v) is 15.5. The Balaban J connectivity index is 1.43. The van der Waals surface area contributed by atoms with E-state index in [2.05, 4.69) is 29.6 Å². The maximum atomic E-state index is 12.4. The SMILES string of the molecule is Cc1cc(C(=O)NCC(=O)N2CCC(Cc3ccccc3)CC2)c(C)o1. The fraction of sp³-hybridized carbons (Fsp3) is 0.429. The predicted molar refractivity (Wildman–Crippen MR) is 100.0 cm³/mol. The van der Waals surface area contributed by atoms with Crippen molar-refractivity contribution in [3.05, 3.63) is 59.0 Å². The van der Waals surface area contributed by atoms with Gasteiger partial charge in [-0.2, -0.15) is 0 Å². The number of amides is 2. The number of rotatable bonds is 5. The van der Waals surface area contributed by atoms with Gasteiger partial charge in [0.25, 0.3) is 5.91 Å². The lowest BCUT2D eigenvalue weighted by Gasteiger charge is -2.32. The molecule has 5 nitrogen and oxygen atoms in total. The number of nitrogens with zero attached hydrogens (tertiary/aromatic N) is 1. The van der Waals surface area contributed by atoms with Gasteiger partial charge in [0, 0.05) is 13.1 Å². The zero-order valence-electron chi connectivity index (χ0n) is 15.5. The summed E-state index contributed by atoms with van der Waals surface area (Å²) in [5.41, 5.74) is 1.85. The molecule has 1 aliphatic heterocycles. The summed E-state index contributed by atoms with van der Waals surface area (Å²) in [6.45, 7) is 5.10. The second-order valence-electron chi connectivity index (χ2n) is 7.02. The zero-order chi connectivity index (χ0) is 18.5. The number of piperidine rings is 1. The van der Waals surface area contributed by atoms with Gasteiger partial charge in [0.1, 0.15) is 11.5 Å². The van der Waals surface area contributed by atoms with Crippen molar-refractivity contribution < 1.29 is 14.0 Å². The number of likely N-dealkylation sites (tertiary alicyclic amines) is 1. The Hall–Kier alpha value is -2.56. The number of carbonyl (C=O) groups excluding carboxylic acids is 2. The third-order valence-corrected chi connectivity index (χ3v) is 5.02. The average molecular weight is 354 g/mol. The molecule has 1 N–H and O–H groups in total. The number of nitrogens with one attached hydrogen (secondary N) is 1. The highest BCUT2D eigenvalue weighted by atomic mass is 16.3. The first-order valence-electron chi connectivity index (χ1n) is 9.20. The first-order chi connectivity index (χ1) is 12.5. The summed E-state index contributed by atoms with van der Waals surface area (Å²) in [6.07, 6.45) is 3.09. The molecule has 1 aliphatic rings. The van der Waals surface area contributed by atoms with E-state index in [0.717, 1.165) is 32.4 Å². The van der Waals surface area contributed by atoms with Gasteiger partial charge in [-0.15, -0.1) is 0 Å². The van der Waals surface area contributed by atoms with Crippen molar-refractivity contribution in [3.8, 4) is 0 Å². The van der Waals surface area contributed by atoms with Gasteiger partial charge in [-0.3, -0.25) is 9.59 Å². The van der Waals surface area contributed by atoms with Crippen LogP contribution in [0.25, 0.3) is 0 Å². The molecule has 138 valence electrons. The number of furan rings is 1. The molecule has 0 unspecified atom stereocenters. The van der Waals surface area contributed by atoms with E-state index < -0.39 is 0 Å². The Labute approximate surface area is 154 Å². The molecule has 0 aliphatic carbocycles. The van der Waals surface area contributed by atoms with Gasteiger partial charge in [-0.05, 0) is 50.7 Å². The molecule has 1 aromatic carbocycles. The van der Waals surface area contributed by atoms with Gasteiger partial charge >= 0.3 is 0 Å². The van der Waals surface area contributed by atoms with Crippen LogP contribution < -0.4 is 5.32 Å². The molecule has 1 fully saturated rings. The Morgan fingerprint density at radius 2 is 1.85 bits per heavy atom. The molecule has 0 saturated carbocycles. The smallest absolute Gasteiger partial charge is 0.255 e. The van der Waals surface area contributed by atoms with E-state index >= 15 is 0 Å². The Morgan fingerprint density at radius 1 is 1.15 bits per heavy atom. The molecule has 3 rings (SSSR count). The van der Waals surface area contributed by atoms with Gasteiger partial charge in [-0.25, -0.2) is 0 Å². The van der Waals surface area contributed by atoms with E-state index in [1.165, 1.54) is 5.56 Å². The van der Waals surface area contributed by atoms with Gasteiger partial charge in [0.05, 0.1) is 12.1 Å². The van der Waals surface area contributed by atoms with Crippen LogP contribution in [0.15, 0.2) is 40.8 Å². The largest absolute Gasteiger partial charge is 0.466 e. The van der Waals surface area contributed by atoms with Crippen molar-refractivity contribution >= 4 is 11.8 Å². The van der Waals surface area contributed by atoms with Crippen molar-refractivity contribution in [1.29, 1.82) is 0 Å². The second kappa shape index (κ2) is 8.21. The van der Waals surface area contributed by atoms with Crippen LogP contribution in [-0.4, -0.2) is 36.3 Å². The van der Waals surface area contributed by atoms with E-state index in [4.69, 9.17) is 4.42 Å². The Kier molecular flexibility index (Phi) is 5.76. The van der Waals surface area contributed by atoms with Crippen LogP contribution in [0.3, 0.4) is 0 Å². The van der Waals surface area contributed by atoms with Crippen molar-refractivity contribution in [1.82, 2.24) is 10.2 Å². The highest BCUT2D eigenvalue weighted by molar-refractivity contribution is 5.97. The van der Waals surface area contributed by atoms with Crippen LogP contribution in [-0.2, 0) is 11.2 Å². The minimum absolute atomic E-state index is 0.0191. The van der Waals surface area contributed by atoms with E-state index in [1.54, 1.807) is 19.9 Å². The molecule has 2 amide bonds. The summed E-state index contributed by atoms with van der Waals surface area (Å²) < 4.78 is 5.36. The highest BCUT2D eigenvalue weighted by Crippen LogP contribution is 2.21. The monoisotopic (exact) mass is 354 g/mol. The van der Waals surface area contributed by atoms with Gasteiger partial charge in [0.2, 0.25) is 5.91 Å². The first-order valence-corrected chi connectivity index (χ1v) is 9.20. The van der Waals surface area contributed by atoms with Gasteiger partial charge in [0.15, 0.2) is 0 Å². The van der Waals surface area contributed by atoms with Crippen LogP contribution in [0.5, 0.6) is 0 Å². The molecular formula is C21H26N2O3. The molecule has 0 radical (unpaired) electrons. The summed E-state index contributed by atoms with van der Waals surface area (Å²) in [6, 6.07) is 12.2. The quantitative estimate of drug-likeness (QED) is 0.897. The summed E-state index contributed by atoms with van der Waals surface area (Å²) in [7, 11) is 0. The number of benzene rings is 1. The Morgan fingerprint density at radius 3 is 2.46 bits per heavy atom. The fourth-order valence-electron chi connectivity index (χ4n) is 3.55. The summed E-state index contributed by atoms with van der Waals surface area (Å²) in [4.78, 5) is 26.4. The molecular weight excluding hydrogens is 328 g/mol. The normalized spacial score (nSPS) is 15.1. The lowest BCUT2D eigenvalue weighted by atomic mass is 9.90. The molecule has 0 atom stereocenters. The van der Waals surface area contributed by atoms with Crippen LogP contribution in [0.1, 0.15) is 40.3 Å². The average Bonchev–Trinajstić information content (AvgIpc) is 2.99. The molecule has 2 aromatic rings. The van der Waals surface area contributed by atoms with E-state index in [0.29, 0.717) is 23.0 Å². The summed E-state index contributed by atoms with van der Waals surface area (Å²) in [5.74, 6) is 1.61. The van der Waals surface area contributed by atoms with E-state index in [1.807, 2.05) is 11.0 Å².